The fraction of sp³-hybridized carbons (Fsp3) is 0.188. The van der Waals surface area contributed by atoms with E-state index in [1.54, 1.807) is 18.3 Å². The molecule has 0 aliphatic heterocycles. The molecular weight excluding hydrogens is 275 g/mol. The molecule has 0 aliphatic rings. The van der Waals surface area contributed by atoms with Crippen molar-refractivity contribution in [3.05, 3.63) is 64.3 Å². The van der Waals surface area contributed by atoms with E-state index in [9.17, 15) is 4.39 Å². The molecule has 102 valence electrons. The zero-order valence-corrected chi connectivity index (χ0v) is 12.1. The van der Waals surface area contributed by atoms with Crippen LogP contribution in [0.2, 0.25) is 5.15 Å². The number of hydrogen-bond donors (Lipinski definition) is 0. The zero-order valence-electron chi connectivity index (χ0n) is 11.3. The molecule has 0 bridgehead atoms. The largest absolute Gasteiger partial charge is 0.338 e. The Morgan fingerprint density at radius 3 is 2.80 bits per heavy atom. The number of pyridine rings is 1. The Balaban J connectivity index is 2.19. The van der Waals surface area contributed by atoms with Gasteiger partial charge in [-0.05, 0) is 43.2 Å². The first kappa shape index (κ1) is 13.1. The van der Waals surface area contributed by atoms with E-state index in [0.717, 1.165) is 22.2 Å². The van der Waals surface area contributed by atoms with Crippen LogP contribution in [0.1, 0.15) is 16.8 Å². The van der Waals surface area contributed by atoms with E-state index in [-0.39, 0.29) is 5.82 Å². The number of hydrogen-bond acceptors (Lipinski definition) is 1. The SMILES string of the molecule is Cc1c(C)n(Cc2cccc(F)c2)c2c(Cl)nccc12. The molecule has 0 amide bonds. The second-order valence-corrected chi connectivity index (χ2v) is 5.28. The molecule has 0 saturated heterocycles. The lowest BCUT2D eigenvalue weighted by atomic mass is 10.2. The van der Waals surface area contributed by atoms with Gasteiger partial charge < -0.3 is 4.57 Å². The van der Waals surface area contributed by atoms with Crippen molar-refractivity contribution in [2.75, 3.05) is 0 Å². The van der Waals surface area contributed by atoms with Crippen molar-refractivity contribution in [1.29, 1.82) is 0 Å². The number of rotatable bonds is 2. The van der Waals surface area contributed by atoms with E-state index in [2.05, 4.69) is 16.5 Å². The lowest BCUT2D eigenvalue weighted by Crippen LogP contribution is -2.03. The van der Waals surface area contributed by atoms with E-state index in [1.807, 2.05) is 19.1 Å². The van der Waals surface area contributed by atoms with Gasteiger partial charge in [0.05, 0.1) is 5.52 Å². The van der Waals surface area contributed by atoms with Crippen molar-refractivity contribution in [3.8, 4) is 0 Å². The van der Waals surface area contributed by atoms with Crippen molar-refractivity contribution in [1.82, 2.24) is 9.55 Å². The zero-order chi connectivity index (χ0) is 14.3. The van der Waals surface area contributed by atoms with Crippen LogP contribution >= 0.6 is 11.6 Å². The molecule has 1 aromatic carbocycles. The summed E-state index contributed by atoms with van der Waals surface area (Å²) in [6.07, 6.45) is 1.71. The first-order chi connectivity index (χ1) is 9.58. The van der Waals surface area contributed by atoms with E-state index in [1.165, 1.54) is 11.6 Å². The maximum Gasteiger partial charge on any atom is 0.153 e. The Bertz CT molecular complexity index is 793. The van der Waals surface area contributed by atoms with E-state index in [0.29, 0.717) is 11.7 Å². The highest BCUT2D eigenvalue weighted by atomic mass is 35.5. The lowest BCUT2D eigenvalue weighted by Gasteiger charge is -2.09. The number of aryl methyl sites for hydroxylation is 1. The van der Waals surface area contributed by atoms with Crippen molar-refractivity contribution in [2.24, 2.45) is 0 Å². The van der Waals surface area contributed by atoms with Gasteiger partial charge in [0, 0.05) is 23.8 Å². The van der Waals surface area contributed by atoms with Crippen molar-refractivity contribution in [2.45, 2.75) is 20.4 Å². The number of benzene rings is 1. The predicted molar refractivity (Wildman–Crippen MR) is 79.7 cm³/mol. The van der Waals surface area contributed by atoms with Crippen LogP contribution in [0.4, 0.5) is 4.39 Å². The number of halogens is 2. The van der Waals surface area contributed by atoms with E-state index >= 15 is 0 Å². The van der Waals surface area contributed by atoms with Crippen LogP contribution in [0, 0.1) is 19.7 Å². The van der Waals surface area contributed by atoms with Gasteiger partial charge in [-0.2, -0.15) is 0 Å². The first-order valence-corrected chi connectivity index (χ1v) is 6.80. The molecule has 0 fully saturated rings. The highest BCUT2D eigenvalue weighted by Gasteiger charge is 2.14. The molecule has 2 heterocycles. The van der Waals surface area contributed by atoms with Gasteiger partial charge in [0.15, 0.2) is 5.15 Å². The molecule has 2 nitrogen and oxygen atoms in total. The van der Waals surface area contributed by atoms with Gasteiger partial charge in [0.1, 0.15) is 5.82 Å². The van der Waals surface area contributed by atoms with Gasteiger partial charge in [-0.1, -0.05) is 23.7 Å². The quantitative estimate of drug-likeness (QED) is 0.635. The van der Waals surface area contributed by atoms with Crippen LogP contribution < -0.4 is 0 Å². The normalized spacial score (nSPS) is 11.2. The Hall–Kier alpha value is -1.87. The predicted octanol–water partition coefficient (Wildman–Crippen LogP) is 4.49. The number of aromatic nitrogens is 2. The van der Waals surface area contributed by atoms with Crippen molar-refractivity contribution in [3.63, 3.8) is 0 Å². The third-order valence-corrected chi connectivity index (χ3v) is 4.01. The Morgan fingerprint density at radius 1 is 1.25 bits per heavy atom. The summed E-state index contributed by atoms with van der Waals surface area (Å²) in [6.45, 7) is 4.69. The minimum absolute atomic E-state index is 0.224. The molecule has 0 N–H and O–H groups in total. The maximum atomic E-state index is 13.3. The van der Waals surface area contributed by atoms with E-state index in [4.69, 9.17) is 11.6 Å². The molecule has 0 radical (unpaired) electrons. The molecule has 4 heteroatoms. The van der Waals surface area contributed by atoms with Crippen molar-refractivity contribution < 1.29 is 4.39 Å². The highest BCUT2D eigenvalue weighted by molar-refractivity contribution is 6.34. The molecule has 0 unspecified atom stereocenters. The topological polar surface area (TPSA) is 17.8 Å². The Labute approximate surface area is 121 Å². The summed E-state index contributed by atoms with van der Waals surface area (Å²) in [5.74, 6) is -0.224. The molecule has 3 aromatic rings. The Kier molecular flexibility index (Phi) is 3.22. The second kappa shape index (κ2) is 4.91. The maximum absolute atomic E-state index is 13.3. The molecule has 0 atom stereocenters. The van der Waals surface area contributed by atoms with Gasteiger partial charge in [-0.15, -0.1) is 0 Å². The fourth-order valence-corrected chi connectivity index (χ4v) is 2.83. The van der Waals surface area contributed by atoms with Crippen LogP contribution in [0.3, 0.4) is 0 Å². The molecule has 20 heavy (non-hydrogen) atoms. The lowest BCUT2D eigenvalue weighted by molar-refractivity contribution is 0.623. The summed E-state index contributed by atoms with van der Waals surface area (Å²) < 4.78 is 15.4. The molecule has 0 saturated carbocycles. The van der Waals surface area contributed by atoms with Gasteiger partial charge in [0.25, 0.3) is 0 Å². The van der Waals surface area contributed by atoms with Crippen LogP contribution in [0.25, 0.3) is 10.9 Å². The van der Waals surface area contributed by atoms with Crippen LogP contribution in [0.5, 0.6) is 0 Å². The number of nitrogens with zero attached hydrogens (tertiary/aromatic N) is 2. The smallest absolute Gasteiger partial charge is 0.153 e. The standard InChI is InChI=1S/C16H14ClFN2/c1-10-11(2)20(9-12-4-3-5-13(18)8-12)15-14(10)6-7-19-16(15)17/h3-8H,9H2,1-2H3. The third-order valence-electron chi connectivity index (χ3n) is 3.73. The molecule has 3 rings (SSSR count). The Morgan fingerprint density at radius 2 is 2.05 bits per heavy atom. The fourth-order valence-electron chi connectivity index (χ4n) is 2.57. The van der Waals surface area contributed by atoms with E-state index < -0.39 is 0 Å². The van der Waals surface area contributed by atoms with Gasteiger partial charge >= 0.3 is 0 Å². The summed E-state index contributed by atoms with van der Waals surface area (Å²) in [5, 5.41) is 1.58. The monoisotopic (exact) mass is 288 g/mol. The summed E-state index contributed by atoms with van der Waals surface area (Å²) in [4.78, 5) is 4.15. The highest BCUT2D eigenvalue weighted by Crippen LogP contribution is 2.29. The average molecular weight is 289 g/mol. The molecule has 0 spiro atoms. The van der Waals surface area contributed by atoms with Gasteiger partial charge in [-0.25, -0.2) is 9.37 Å². The molecule has 0 aliphatic carbocycles. The molecule has 2 aromatic heterocycles. The van der Waals surface area contributed by atoms with Crippen molar-refractivity contribution >= 4 is 22.5 Å². The summed E-state index contributed by atoms with van der Waals surface area (Å²) >= 11 is 6.24. The summed E-state index contributed by atoms with van der Waals surface area (Å²) in [7, 11) is 0. The van der Waals surface area contributed by atoms with Gasteiger partial charge in [-0.3, -0.25) is 0 Å². The van der Waals surface area contributed by atoms with Crippen LogP contribution in [-0.4, -0.2) is 9.55 Å². The number of fused-ring (bicyclic) bond motifs is 1. The van der Waals surface area contributed by atoms with Crippen LogP contribution in [0.15, 0.2) is 36.5 Å². The second-order valence-electron chi connectivity index (χ2n) is 4.92. The average Bonchev–Trinajstić information content (AvgIpc) is 2.66. The summed E-state index contributed by atoms with van der Waals surface area (Å²) in [6, 6.07) is 8.59. The summed E-state index contributed by atoms with van der Waals surface area (Å²) in [5.41, 5.74) is 4.12. The molecular formula is C16H14ClFN2. The van der Waals surface area contributed by atoms with Gasteiger partial charge in [0.2, 0.25) is 0 Å². The minimum atomic E-state index is -0.224. The first-order valence-electron chi connectivity index (χ1n) is 6.42. The third kappa shape index (κ3) is 2.08. The minimum Gasteiger partial charge on any atom is -0.338 e. The van der Waals surface area contributed by atoms with Crippen LogP contribution in [-0.2, 0) is 6.54 Å².